The van der Waals surface area contributed by atoms with Gasteiger partial charge in [0.2, 0.25) is 0 Å². The monoisotopic (exact) mass is 398 g/mol. The van der Waals surface area contributed by atoms with E-state index in [1.165, 1.54) is 0 Å². The number of nitrogens with one attached hydrogen (secondary N) is 1. The number of ether oxygens (including phenoxy) is 2. The highest BCUT2D eigenvalue weighted by Crippen LogP contribution is 2.31. The first-order valence-corrected chi connectivity index (χ1v) is 9.09. The van der Waals surface area contributed by atoms with Crippen molar-refractivity contribution in [1.82, 2.24) is 9.97 Å². The molecule has 4 rings (SSSR count). The summed E-state index contributed by atoms with van der Waals surface area (Å²) < 4.78 is 11.3. The van der Waals surface area contributed by atoms with E-state index >= 15 is 0 Å². The van der Waals surface area contributed by atoms with E-state index in [-0.39, 0.29) is 0 Å². The van der Waals surface area contributed by atoms with Crippen LogP contribution in [0.5, 0.6) is 11.5 Å². The molecule has 1 heterocycles. The van der Waals surface area contributed by atoms with Crippen LogP contribution in [0.3, 0.4) is 0 Å². The summed E-state index contributed by atoms with van der Waals surface area (Å²) in [6, 6.07) is 18.9. The number of hydrogen-bond donors (Lipinski definition) is 1. The van der Waals surface area contributed by atoms with Crippen molar-refractivity contribution < 1.29 is 9.47 Å². The van der Waals surface area contributed by atoms with Gasteiger partial charge in [-0.15, -0.1) is 0 Å². The number of para-hydroxylation sites is 2. The first-order valence-electron chi connectivity index (χ1n) is 8.34. The first kappa shape index (κ1) is 17.7. The number of halogens is 2. The molecule has 0 saturated heterocycles. The van der Waals surface area contributed by atoms with Gasteiger partial charge in [0.1, 0.15) is 23.9 Å². The molecule has 0 atom stereocenters. The van der Waals surface area contributed by atoms with Crippen molar-refractivity contribution in [2.75, 3.05) is 7.11 Å². The van der Waals surface area contributed by atoms with Gasteiger partial charge in [0, 0.05) is 16.1 Å². The molecule has 0 aliphatic rings. The van der Waals surface area contributed by atoms with Crippen LogP contribution in [0.25, 0.3) is 22.4 Å². The van der Waals surface area contributed by atoms with E-state index in [2.05, 4.69) is 9.97 Å². The molecule has 0 spiro atoms. The van der Waals surface area contributed by atoms with Crippen molar-refractivity contribution in [3.05, 3.63) is 76.3 Å². The Kier molecular flexibility index (Phi) is 4.92. The van der Waals surface area contributed by atoms with Crippen molar-refractivity contribution in [1.29, 1.82) is 0 Å². The number of aromatic amines is 1. The molecule has 6 heteroatoms. The van der Waals surface area contributed by atoms with Gasteiger partial charge >= 0.3 is 0 Å². The van der Waals surface area contributed by atoms with Crippen LogP contribution >= 0.6 is 23.2 Å². The van der Waals surface area contributed by atoms with E-state index in [0.29, 0.717) is 22.4 Å². The molecule has 4 nitrogen and oxygen atoms in total. The highest BCUT2D eigenvalue weighted by Gasteiger charge is 2.11. The summed E-state index contributed by atoms with van der Waals surface area (Å²) in [5.74, 6) is 2.10. The van der Waals surface area contributed by atoms with Gasteiger partial charge in [0.25, 0.3) is 0 Å². The van der Waals surface area contributed by atoms with Crippen LogP contribution in [0, 0.1) is 0 Å². The Morgan fingerprint density at radius 1 is 0.963 bits per heavy atom. The number of nitrogens with zero attached hydrogens (tertiary/aromatic N) is 1. The molecule has 1 N–H and O–H groups in total. The average molecular weight is 399 g/mol. The number of fused-ring (bicyclic) bond motifs is 1. The van der Waals surface area contributed by atoms with Crippen molar-refractivity contribution in [2.24, 2.45) is 0 Å². The van der Waals surface area contributed by atoms with Gasteiger partial charge in [-0.2, -0.15) is 0 Å². The van der Waals surface area contributed by atoms with Crippen LogP contribution in [-0.2, 0) is 6.61 Å². The summed E-state index contributed by atoms with van der Waals surface area (Å²) >= 11 is 12.1. The van der Waals surface area contributed by atoms with Crippen molar-refractivity contribution in [2.45, 2.75) is 6.61 Å². The van der Waals surface area contributed by atoms with Crippen LogP contribution in [0.2, 0.25) is 10.0 Å². The highest BCUT2D eigenvalue weighted by atomic mass is 35.5. The fourth-order valence-corrected chi connectivity index (χ4v) is 3.34. The predicted molar refractivity (Wildman–Crippen MR) is 109 cm³/mol. The Balaban J connectivity index is 1.64. The smallest absolute Gasteiger partial charge is 0.138 e. The van der Waals surface area contributed by atoms with Crippen molar-refractivity contribution >= 4 is 34.2 Å². The summed E-state index contributed by atoms with van der Waals surface area (Å²) in [5, 5.41) is 1.03. The Morgan fingerprint density at radius 2 is 1.78 bits per heavy atom. The standard InChI is InChI=1S/C21H16Cl2N2O2/c1-26-19-8-6-13(21-24-17-4-2-3-5-18(17)25-21)10-14(19)12-27-20-9-7-15(22)11-16(20)23/h2-11H,12H2,1H3,(H,24,25). The van der Waals surface area contributed by atoms with E-state index < -0.39 is 0 Å². The van der Waals surface area contributed by atoms with Crippen LogP contribution in [0.4, 0.5) is 0 Å². The fourth-order valence-electron chi connectivity index (χ4n) is 2.88. The minimum Gasteiger partial charge on any atom is -0.496 e. The van der Waals surface area contributed by atoms with Gasteiger partial charge in [-0.05, 0) is 48.5 Å². The van der Waals surface area contributed by atoms with Crippen molar-refractivity contribution in [3.63, 3.8) is 0 Å². The molecule has 27 heavy (non-hydrogen) atoms. The van der Waals surface area contributed by atoms with Gasteiger partial charge in [0.15, 0.2) is 0 Å². The third-order valence-electron chi connectivity index (χ3n) is 4.22. The quantitative estimate of drug-likeness (QED) is 0.440. The number of benzene rings is 3. The number of aromatic nitrogens is 2. The number of methoxy groups -OCH3 is 1. The molecule has 3 aromatic carbocycles. The molecule has 0 aliphatic heterocycles. The SMILES string of the molecule is COc1ccc(-c2nc3ccccc3[nH]2)cc1COc1ccc(Cl)cc1Cl. The maximum atomic E-state index is 6.19. The zero-order valence-corrected chi connectivity index (χ0v) is 16.0. The molecule has 136 valence electrons. The summed E-state index contributed by atoms with van der Waals surface area (Å²) in [7, 11) is 1.63. The van der Waals surface area contributed by atoms with E-state index in [1.807, 2.05) is 42.5 Å². The second kappa shape index (κ2) is 7.51. The molecule has 0 radical (unpaired) electrons. The third-order valence-corrected chi connectivity index (χ3v) is 4.75. The lowest BCUT2D eigenvalue weighted by Gasteiger charge is -2.12. The lowest BCUT2D eigenvalue weighted by atomic mass is 10.1. The highest BCUT2D eigenvalue weighted by molar-refractivity contribution is 6.35. The van der Waals surface area contributed by atoms with E-state index in [9.17, 15) is 0 Å². The van der Waals surface area contributed by atoms with Gasteiger partial charge in [0.05, 0.1) is 23.2 Å². The molecule has 0 unspecified atom stereocenters. The van der Waals surface area contributed by atoms with Crippen LogP contribution in [0.15, 0.2) is 60.7 Å². The van der Waals surface area contributed by atoms with Crippen molar-refractivity contribution in [3.8, 4) is 22.9 Å². The van der Waals surface area contributed by atoms with Gasteiger partial charge < -0.3 is 14.5 Å². The maximum Gasteiger partial charge on any atom is 0.138 e. The second-order valence-electron chi connectivity index (χ2n) is 5.99. The average Bonchev–Trinajstić information content (AvgIpc) is 3.11. The Labute approximate surface area is 166 Å². The molecule has 4 aromatic rings. The van der Waals surface area contributed by atoms with Crippen LogP contribution < -0.4 is 9.47 Å². The lowest BCUT2D eigenvalue weighted by molar-refractivity contribution is 0.297. The number of rotatable bonds is 5. The summed E-state index contributed by atoms with van der Waals surface area (Å²) in [6.07, 6.45) is 0. The number of H-pyrrole nitrogens is 1. The van der Waals surface area contributed by atoms with E-state index in [0.717, 1.165) is 33.7 Å². The molecule has 0 aliphatic carbocycles. The number of imidazole rings is 1. The largest absolute Gasteiger partial charge is 0.496 e. The van der Waals surface area contributed by atoms with Crippen LogP contribution in [0.1, 0.15) is 5.56 Å². The second-order valence-corrected chi connectivity index (χ2v) is 6.84. The maximum absolute atomic E-state index is 6.19. The topological polar surface area (TPSA) is 47.1 Å². The fraction of sp³-hybridized carbons (Fsp3) is 0.0952. The van der Waals surface area contributed by atoms with Gasteiger partial charge in [-0.25, -0.2) is 4.98 Å². The Morgan fingerprint density at radius 3 is 2.56 bits per heavy atom. The van der Waals surface area contributed by atoms with E-state index in [1.54, 1.807) is 25.3 Å². The summed E-state index contributed by atoms with van der Waals surface area (Å²) in [6.45, 7) is 0.304. The first-order chi connectivity index (χ1) is 13.1. The lowest BCUT2D eigenvalue weighted by Crippen LogP contribution is -2.00. The Bertz CT molecular complexity index is 1080. The van der Waals surface area contributed by atoms with E-state index in [4.69, 9.17) is 32.7 Å². The van der Waals surface area contributed by atoms with Gasteiger partial charge in [-0.3, -0.25) is 0 Å². The van der Waals surface area contributed by atoms with Gasteiger partial charge in [-0.1, -0.05) is 35.3 Å². The molecular formula is C21H16Cl2N2O2. The molecular weight excluding hydrogens is 383 g/mol. The molecule has 0 fully saturated rings. The molecule has 1 aromatic heterocycles. The molecule has 0 bridgehead atoms. The third kappa shape index (κ3) is 3.72. The Hall–Kier alpha value is -2.69. The minimum absolute atomic E-state index is 0.304. The molecule has 0 amide bonds. The predicted octanol–water partition coefficient (Wildman–Crippen LogP) is 6.12. The minimum atomic E-state index is 0.304. The zero-order chi connectivity index (χ0) is 18.8. The summed E-state index contributed by atoms with van der Waals surface area (Å²) in [5.41, 5.74) is 3.76. The number of hydrogen-bond acceptors (Lipinski definition) is 3. The molecule has 0 saturated carbocycles. The normalized spacial score (nSPS) is 10.9. The van der Waals surface area contributed by atoms with Crippen LogP contribution in [-0.4, -0.2) is 17.1 Å². The summed E-state index contributed by atoms with van der Waals surface area (Å²) in [4.78, 5) is 7.99. The zero-order valence-electron chi connectivity index (χ0n) is 14.5.